The van der Waals surface area contributed by atoms with Crippen LogP contribution >= 0.6 is 11.8 Å². The highest BCUT2D eigenvalue weighted by Crippen LogP contribution is 2.67. The summed E-state index contributed by atoms with van der Waals surface area (Å²) < 4.78 is 4.95. The Morgan fingerprint density at radius 2 is 2.00 bits per heavy atom. The van der Waals surface area contributed by atoms with Crippen LogP contribution < -0.4 is 0 Å². The third kappa shape index (κ3) is 4.57. The van der Waals surface area contributed by atoms with Gasteiger partial charge in [-0.05, 0) is 45.4 Å². The first-order valence-corrected chi connectivity index (χ1v) is 14.1. The highest BCUT2D eigenvalue weighted by atomic mass is 32.2. The van der Waals surface area contributed by atoms with Gasteiger partial charge in [0.1, 0.15) is 6.04 Å². The maximum Gasteiger partial charge on any atom is 0.310 e. The molecule has 1 saturated carbocycles. The molecular weight excluding hydrogens is 464 g/mol. The fourth-order valence-electron chi connectivity index (χ4n) is 6.80. The summed E-state index contributed by atoms with van der Waals surface area (Å²) in [5, 5.41) is 10.0. The number of nitrogens with zero attached hydrogens (tertiary/aromatic N) is 2. The summed E-state index contributed by atoms with van der Waals surface area (Å²) in [4.78, 5) is 45.0. The Bertz CT molecular complexity index is 843. The Balaban J connectivity index is 1.65. The number of aliphatic hydroxyl groups is 1. The van der Waals surface area contributed by atoms with Crippen molar-refractivity contribution in [2.24, 2.45) is 11.8 Å². The van der Waals surface area contributed by atoms with Crippen molar-refractivity contribution in [1.82, 2.24) is 9.80 Å². The molecule has 194 valence electrons. The summed E-state index contributed by atoms with van der Waals surface area (Å²) in [5.74, 6) is -1.70. The van der Waals surface area contributed by atoms with E-state index in [9.17, 15) is 19.5 Å². The van der Waals surface area contributed by atoms with Crippen LogP contribution in [0.5, 0.6) is 0 Å². The molecule has 6 atom stereocenters. The van der Waals surface area contributed by atoms with Crippen LogP contribution in [0.15, 0.2) is 25.3 Å². The molecule has 7 nitrogen and oxygen atoms in total. The van der Waals surface area contributed by atoms with Gasteiger partial charge < -0.3 is 19.6 Å². The van der Waals surface area contributed by atoms with Crippen molar-refractivity contribution in [2.45, 2.75) is 92.8 Å². The number of allylic oxidation sites excluding steroid dienone is 1. The molecule has 4 fully saturated rings. The lowest BCUT2D eigenvalue weighted by Gasteiger charge is -2.42. The monoisotopic (exact) mass is 504 g/mol. The van der Waals surface area contributed by atoms with Crippen molar-refractivity contribution in [3.05, 3.63) is 25.3 Å². The van der Waals surface area contributed by atoms with Crippen LogP contribution in [0.4, 0.5) is 0 Å². The normalized spacial score (nSPS) is 32.9. The predicted molar refractivity (Wildman–Crippen MR) is 137 cm³/mol. The molecule has 3 aliphatic heterocycles. The van der Waals surface area contributed by atoms with Crippen LogP contribution in [-0.4, -0.2) is 80.6 Å². The molecule has 4 rings (SSSR count). The Labute approximate surface area is 213 Å². The molecule has 1 aliphatic carbocycles. The summed E-state index contributed by atoms with van der Waals surface area (Å²) in [6.07, 6.45) is 11.8. The Kier molecular flexibility index (Phi) is 8.31. The second-order valence-corrected chi connectivity index (χ2v) is 12.1. The van der Waals surface area contributed by atoms with E-state index in [1.165, 1.54) is 6.42 Å². The zero-order valence-electron chi connectivity index (χ0n) is 20.9. The van der Waals surface area contributed by atoms with Gasteiger partial charge in [0.2, 0.25) is 11.8 Å². The maximum atomic E-state index is 14.3. The zero-order chi connectivity index (χ0) is 25.2. The van der Waals surface area contributed by atoms with Crippen molar-refractivity contribution in [3.8, 4) is 0 Å². The van der Waals surface area contributed by atoms with E-state index >= 15 is 0 Å². The van der Waals surface area contributed by atoms with Crippen LogP contribution in [0.1, 0.15) is 64.7 Å². The van der Waals surface area contributed by atoms with Crippen LogP contribution in [0, 0.1) is 11.8 Å². The SMILES string of the molecule is C=CCCCOC(=O)[C@@H]1[C@H]2C(=O)N([C@H](C)CO)C(C(=O)N(CC=C)C3CCCCC3)C23CC[C@H]1S3. The van der Waals surface area contributed by atoms with E-state index in [0.29, 0.717) is 19.6 Å². The number of hydrogen-bond donors (Lipinski definition) is 1. The van der Waals surface area contributed by atoms with Gasteiger partial charge in [-0.1, -0.05) is 31.4 Å². The van der Waals surface area contributed by atoms with Gasteiger partial charge in [0.05, 0.1) is 35.8 Å². The highest BCUT2D eigenvalue weighted by molar-refractivity contribution is 8.02. The summed E-state index contributed by atoms with van der Waals surface area (Å²) in [5.41, 5.74) is 0. The molecule has 0 radical (unpaired) electrons. The number of unbranched alkanes of at least 4 members (excludes halogenated alkanes) is 1. The van der Waals surface area contributed by atoms with Crippen molar-refractivity contribution in [3.63, 3.8) is 0 Å². The fourth-order valence-corrected chi connectivity index (χ4v) is 8.99. The third-order valence-corrected chi connectivity index (χ3v) is 10.4. The molecule has 2 unspecified atom stereocenters. The van der Waals surface area contributed by atoms with Crippen LogP contribution in [0.3, 0.4) is 0 Å². The Morgan fingerprint density at radius 1 is 1.26 bits per heavy atom. The molecule has 0 aromatic carbocycles. The number of esters is 1. The fraction of sp³-hybridized carbons (Fsp3) is 0.741. The minimum Gasteiger partial charge on any atom is -0.465 e. The number of amides is 2. The van der Waals surface area contributed by atoms with Gasteiger partial charge in [-0.25, -0.2) is 0 Å². The number of aliphatic hydroxyl groups excluding tert-OH is 1. The number of carbonyl (C=O) groups excluding carboxylic acids is 3. The summed E-state index contributed by atoms with van der Waals surface area (Å²) in [7, 11) is 0. The second-order valence-electron chi connectivity index (χ2n) is 10.5. The first kappa shape index (κ1) is 26.3. The van der Waals surface area contributed by atoms with E-state index in [2.05, 4.69) is 13.2 Å². The van der Waals surface area contributed by atoms with Crippen molar-refractivity contribution < 1.29 is 24.2 Å². The third-order valence-electron chi connectivity index (χ3n) is 8.40. The largest absolute Gasteiger partial charge is 0.465 e. The minimum absolute atomic E-state index is 0.0136. The lowest BCUT2D eigenvalue weighted by Crippen LogP contribution is -2.58. The number of rotatable bonds is 11. The summed E-state index contributed by atoms with van der Waals surface area (Å²) >= 11 is 1.65. The van der Waals surface area contributed by atoms with Gasteiger partial charge >= 0.3 is 5.97 Å². The van der Waals surface area contributed by atoms with Crippen LogP contribution in [0.25, 0.3) is 0 Å². The molecule has 1 N–H and O–H groups in total. The summed E-state index contributed by atoms with van der Waals surface area (Å²) in [6, 6.07) is -1.05. The van der Waals surface area contributed by atoms with Gasteiger partial charge in [0.25, 0.3) is 0 Å². The van der Waals surface area contributed by atoms with E-state index in [0.717, 1.165) is 44.9 Å². The summed E-state index contributed by atoms with van der Waals surface area (Å²) in [6.45, 7) is 9.90. The number of thioether (sulfide) groups is 1. The lowest BCUT2D eigenvalue weighted by atomic mass is 9.71. The average Bonchev–Trinajstić information content (AvgIpc) is 3.52. The molecule has 0 aromatic rings. The maximum absolute atomic E-state index is 14.3. The molecular formula is C27H40N2O5S. The molecule has 3 heterocycles. The lowest BCUT2D eigenvalue weighted by molar-refractivity contribution is -0.154. The van der Waals surface area contributed by atoms with E-state index in [4.69, 9.17) is 4.74 Å². The molecule has 0 aromatic heterocycles. The van der Waals surface area contributed by atoms with Crippen LogP contribution in [-0.2, 0) is 19.1 Å². The molecule has 2 bridgehead atoms. The van der Waals surface area contributed by atoms with Gasteiger partial charge in [-0.3, -0.25) is 14.4 Å². The molecule has 1 spiro atoms. The molecule has 35 heavy (non-hydrogen) atoms. The van der Waals surface area contributed by atoms with Crippen molar-refractivity contribution >= 4 is 29.5 Å². The number of fused-ring (bicyclic) bond motifs is 1. The average molecular weight is 505 g/mol. The zero-order valence-corrected chi connectivity index (χ0v) is 21.7. The molecule has 2 amide bonds. The first-order valence-electron chi connectivity index (χ1n) is 13.2. The smallest absolute Gasteiger partial charge is 0.310 e. The first-order chi connectivity index (χ1) is 16.9. The van der Waals surface area contributed by atoms with E-state index in [1.807, 2.05) is 4.90 Å². The number of carbonyl (C=O) groups is 3. The van der Waals surface area contributed by atoms with Gasteiger partial charge in [-0.15, -0.1) is 24.9 Å². The van der Waals surface area contributed by atoms with Crippen molar-refractivity contribution in [2.75, 3.05) is 19.8 Å². The van der Waals surface area contributed by atoms with Crippen LogP contribution in [0.2, 0.25) is 0 Å². The van der Waals surface area contributed by atoms with E-state index in [-0.39, 0.29) is 35.7 Å². The number of likely N-dealkylation sites (tertiary alicyclic amines) is 1. The van der Waals surface area contributed by atoms with Gasteiger partial charge in [0, 0.05) is 17.8 Å². The standard InChI is InChI=1S/C27H40N2O5S/c1-4-6-10-16-34-26(33)21-20-13-14-27(35-20)22(21)24(31)29(18(3)17-30)23(27)25(32)28(15-5-2)19-11-8-7-9-12-19/h4-5,18-23,30H,1-2,6-17H2,3H3/t18-,20-,21+,22+,23?,27?/m1/s1. The van der Waals surface area contributed by atoms with Gasteiger partial charge in [0.15, 0.2) is 0 Å². The Hall–Kier alpha value is -1.80. The predicted octanol–water partition coefficient (Wildman–Crippen LogP) is 3.32. The number of ether oxygens (including phenoxy) is 1. The van der Waals surface area contributed by atoms with Crippen molar-refractivity contribution in [1.29, 1.82) is 0 Å². The van der Waals surface area contributed by atoms with E-state index in [1.54, 1.807) is 35.7 Å². The van der Waals surface area contributed by atoms with E-state index < -0.39 is 28.7 Å². The van der Waals surface area contributed by atoms with Gasteiger partial charge in [-0.2, -0.15) is 0 Å². The molecule has 8 heteroatoms. The quantitative estimate of drug-likeness (QED) is 0.264. The highest BCUT2D eigenvalue weighted by Gasteiger charge is 2.74. The minimum atomic E-state index is -0.683. The molecule has 3 saturated heterocycles. The second kappa shape index (κ2) is 11.1. The molecule has 4 aliphatic rings. The number of hydrogen-bond acceptors (Lipinski definition) is 6. The Morgan fingerprint density at radius 3 is 2.66 bits per heavy atom. The topological polar surface area (TPSA) is 87.1 Å².